The van der Waals surface area contributed by atoms with Gasteiger partial charge < -0.3 is 25.1 Å². The molecule has 0 aromatic heterocycles. The summed E-state index contributed by atoms with van der Waals surface area (Å²) in [6.45, 7) is 0.0888. The molecule has 1 aromatic carbocycles. The van der Waals surface area contributed by atoms with Gasteiger partial charge in [0.15, 0.2) is 0 Å². The highest BCUT2D eigenvalue weighted by atomic mass is 35.5. The number of rotatable bonds is 8. The van der Waals surface area contributed by atoms with Crippen molar-refractivity contribution >= 4 is 35.6 Å². The Labute approximate surface area is 167 Å². The van der Waals surface area contributed by atoms with Crippen molar-refractivity contribution in [2.45, 2.75) is 37.8 Å². The average molecular weight is 408 g/mol. The van der Waals surface area contributed by atoms with E-state index in [1.807, 2.05) is 0 Å². The molecule has 3 amide bonds. The van der Waals surface area contributed by atoms with Gasteiger partial charge in [0, 0.05) is 6.54 Å². The second-order valence-electron chi connectivity index (χ2n) is 6.77. The Morgan fingerprint density at radius 3 is 2.71 bits per heavy atom. The summed E-state index contributed by atoms with van der Waals surface area (Å²) in [5.74, 6) is -0.758. The number of hydrogen-bond donors (Lipinski definition) is 2. The van der Waals surface area contributed by atoms with E-state index < -0.39 is 11.9 Å². The van der Waals surface area contributed by atoms with Crippen LogP contribution < -0.4 is 15.4 Å². The van der Waals surface area contributed by atoms with Crippen LogP contribution in [0, 0.1) is 0 Å². The first-order valence-corrected chi connectivity index (χ1v) is 9.63. The number of aldehydes is 1. The predicted octanol–water partition coefficient (Wildman–Crippen LogP) is 0.917. The number of ether oxygens (including phenoxy) is 1. The quantitative estimate of drug-likeness (QED) is 0.623. The van der Waals surface area contributed by atoms with Crippen molar-refractivity contribution in [2.75, 3.05) is 19.6 Å². The third kappa shape index (κ3) is 4.81. The summed E-state index contributed by atoms with van der Waals surface area (Å²) in [4.78, 5) is 48.8. The fraction of sp³-hybridized carbons (Fsp3) is 0.474. The number of carbonyl (C=O) groups excluding carboxylic acids is 4. The summed E-state index contributed by atoms with van der Waals surface area (Å²) < 4.78 is 5.67. The maximum atomic E-state index is 12.5. The summed E-state index contributed by atoms with van der Waals surface area (Å²) in [6, 6.07) is 4.32. The predicted molar refractivity (Wildman–Crippen MR) is 101 cm³/mol. The molecule has 1 atom stereocenters. The Morgan fingerprint density at radius 1 is 1.21 bits per heavy atom. The first-order valence-electron chi connectivity index (χ1n) is 9.25. The van der Waals surface area contributed by atoms with Crippen LogP contribution in [0.2, 0.25) is 5.02 Å². The van der Waals surface area contributed by atoms with Crippen LogP contribution in [0.25, 0.3) is 0 Å². The monoisotopic (exact) mass is 407 g/mol. The number of nitrogens with one attached hydrogen (secondary N) is 2. The summed E-state index contributed by atoms with van der Waals surface area (Å²) in [5, 5.41) is 5.24. The number of benzene rings is 1. The molecule has 3 rings (SSSR count). The molecule has 1 heterocycles. The van der Waals surface area contributed by atoms with Crippen LogP contribution in [0.3, 0.4) is 0 Å². The fourth-order valence-electron chi connectivity index (χ4n) is 3.09. The molecule has 1 aromatic rings. The maximum Gasteiger partial charge on any atom is 0.253 e. The average Bonchev–Trinajstić information content (AvgIpc) is 3.37. The minimum absolute atomic E-state index is 0.0914. The summed E-state index contributed by atoms with van der Waals surface area (Å²) in [7, 11) is 0. The Hall–Kier alpha value is -2.61. The van der Waals surface area contributed by atoms with Crippen LogP contribution >= 0.6 is 11.6 Å². The lowest BCUT2D eigenvalue weighted by Crippen LogP contribution is -2.49. The largest absolute Gasteiger partial charge is 0.489 e. The van der Waals surface area contributed by atoms with E-state index in [-0.39, 0.29) is 41.6 Å². The normalized spacial score (nSPS) is 18.5. The van der Waals surface area contributed by atoms with E-state index in [1.165, 1.54) is 4.90 Å². The SMILES string of the molecule is O=CCNC(=O)[C@@H]1CCCN1C(=O)CNC(=O)c1cccc(OC2CC2)c1Cl. The van der Waals surface area contributed by atoms with Crippen LogP contribution in [0.15, 0.2) is 18.2 Å². The topological polar surface area (TPSA) is 105 Å². The van der Waals surface area contributed by atoms with Crippen molar-refractivity contribution in [2.24, 2.45) is 0 Å². The zero-order valence-corrected chi connectivity index (χ0v) is 16.0. The zero-order valence-electron chi connectivity index (χ0n) is 15.3. The first kappa shape index (κ1) is 20.1. The second kappa shape index (κ2) is 9.05. The van der Waals surface area contributed by atoms with Gasteiger partial charge in [0.25, 0.3) is 5.91 Å². The molecule has 0 bridgehead atoms. The maximum absolute atomic E-state index is 12.5. The molecular formula is C19H22ClN3O5. The van der Waals surface area contributed by atoms with Gasteiger partial charge in [-0.15, -0.1) is 0 Å². The number of nitrogens with zero attached hydrogens (tertiary/aromatic N) is 1. The van der Waals surface area contributed by atoms with Crippen molar-refractivity contribution in [3.05, 3.63) is 28.8 Å². The van der Waals surface area contributed by atoms with Gasteiger partial charge in [0.05, 0.1) is 29.8 Å². The van der Waals surface area contributed by atoms with Gasteiger partial charge in [-0.25, -0.2) is 0 Å². The molecule has 150 valence electrons. The smallest absolute Gasteiger partial charge is 0.253 e. The number of halogens is 1. The van der Waals surface area contributed by atoms with Gasteiger partial charge in [-0.05, 0) is 37.8 Å². The highest BCUT2D eigenvalue weighted by Crippen LogP contribution is 2.33. The van der Waals surface area contributed by atoms with E-state index in [2.05, 4.69) is 10.6 Å². The number of likely N-dealkylation sites (tertiary alicyclic amines) is 1. The lowest BCUT2D eigenvalue weighted by atomic mass is 10.2. The van der Waals surface area contributed by atoms with Crippen molar-refractivity contribution in [3.8, 4) is 5.75 Å². The molecule has 0 spiro atoms. The van der Waals surface area contributed by atoms with E-state index in [1.54, 1.807) is 18.2 Å². The molecule has 28 heavy (non-hydrogen) atoms. The molecule has 2 fully saturated rings. The molecule has 1 aliphatic carbocycles. The molecule has 2 aliphatic rings. The molecular weight excluding hydrogens is 386 g/mol. The van der Waals surface area contributed by atoms with Gasteiger partial charge in [-0.1, -0.05) is 17.7 Å². The lowest BCUT2D eigenvalue weighted by molar-refractivity contribution is -0.137. The summed E-state index contributed by atoms with van der Waals surface area (Å²) in [6.07, 6.45) is 3.89. The van der Waals surface area contributed by atoms with E-state index in [9.17, 15) is 19.2 Å². The Balaban J connectivity index is 1.57. The zero-order chi connectivity index (χ0) is 20.1. The highest BCUT2D eigenvalue weighted by Gasteiger charge is 2.34. The minimum atomic E-state index is -0.622. The third-order valence-corrected chi connectivity index (χ3v) is 5.05. The standard InChI is InChI=1S/C19H22ClN3O5/c20-17-13(3-1-5-15(17)28-12-6-7-12)18(26)22-11-16(25)23-9-2-4-14(23)19(27)21-8-10-24/h1,3,5,10,12,14H,2,4,6-9,11H2,(H,21,27)(H,22,26)/t14-/m0/s1. The molecule has 1 saturated carbocycles. The van der Waals surface area contributed by atoms with Gasteiger partial charge in [-0.2, -0.15) is 0 Å². The number of amides is 3. The van der Waals surface area contributed by atoms with Crippen LogP contribution in [0.4, 0.5) is 0 Å². The van der Waals surface area contributed by atoms with Crippen molar-refractivity contribution in [1.82, 2.24) is 15.5 Å². The van der Waals surface area contributed by atoms with Crippen LogP contribution in [-0.2, 0) is 14.4 Å². The summed E-state index contributed by atoms with van der Waals surface area (Å²) in [5.41, 5.74) is 0.231. The van der Waals surface area contributed by atoms with Crippen LogP contribution in [0.5, 0.6) is 5.75 Å². The third-order valence-electron chi connectivity index (χ3n) is 4.66. The molecule has 0 unspecified atom stereocenters. The molecule has 1 aliphatic heterocycles. The first-order chi connectivity index (χ1) is 13.5. The molecule has 9 heteroatoms. The fourth-order valence-corrected chi connectivity index (χ4v) is 3.35. The number of hydrogen-bond acceptors (Lipinski definition) is 5. The lowest BCUT2D eigenvalue weighted by Gasteiger charge is -2.23. The Morgan fingerprint density at radius 2 is 2.00 bits per heavy atom. The molecule has 1 saturated heterocycles. The van der Waals surface area contributed by atoms with Gasteiger partial charge >= 0.3 is 0 Å². The summed E-state index contributed by atoms with van der Waals surface area (Å²) >= 11 is 6.27. The molecule has 0 radical (unpaired) electrons. The van der Waals surface area contributed by atoms with E-state index in [0.717, 1.165) is 12.8 Å². The van der Waals surface area contributed by atoms with Crippen molar-refractivity contribution in [3.63, 3.8) is 0 Å². The van der Waals surface area contributed by atoms with Gasteiger partial charge in [0.1, 0.15) is 18.1 Å². The highest BCUT2D eigenvalue weighted by molar-refractivity contribution is 6.35. The van der Waals surface area contributed by atoms with Gasteiger partial charge in [-0.3, -0.25) is 14.4 Å². The minimum Gasteiger partial charge on any atom is -0.489 e. The number of carbonyl (C=O) groups is 4. The van der Waals surface area contributed by atoms with Crippen molar-refractivity contribution < 1.29 is 23.9 Å². The van der Waals surface area contributed by atoms with E-state index in [4.69, 9.17) is 16.3 Å². The molecule has 8 nitrogen and oxygen atoms in total. The second-order valence-corrected chi connectivity index (χ2v) is 7.15. The van der Waals surface area contributed by atoms with Crippen LogP contribution in [0.1, 0.15) is 36.0 Å². The Bertz CT molecular complexity index is 781. The van der Waals surface area contributed by atoms with Crippen LogP contribution in [-0.4, -0.2) is 60.7 Å². The van der Waals surface area contributed by atoms with E-state index in [0.29, 0.717) is 31.4 Å². The van der Waals surface area contributed by atoms with Crippen molar-refractivity contribution in [1.29, 1.82) is 0 Å². The Kier molecular flexibility index (Phi) is 6.51. The van der Waals surface area contributed by atoms with E-state index >= 15 is 0 Å². The molecule has 2 N–H and O–H groups in total. The van der Waals surface area contributed by atoms with Gasteiger partial charge in [0.2, 0.25) is 11.8 Å².